The Balaban J connectivity index is 1.76. The Morgan fingerprint density at radius 1 is 1.14 bits per heavy atom. The number of imidazole rings is 1. The van der Waals surface area contributed by atoms with Gasteiger partial charge in [0, 0.05) is 25.7 Å². The van der Waals surface area contributed by atoms with Crippen LogP contribution in [0.4, 0.5) is 0 Å². The molecule has 1 aliphatic carbocycles. The summed E-state index contributed by atoms with van der Waals surface area (Å²) in [5.74, 6) is 1.69. The van der Waals surface area contributed by atoms with Crippen molar-refractivity contribution in [2.24, 2.45) is 0 Å². The summed E-state index contributed by atoms with van der Waals surface area (Å²) < 4.78 is 41.3. The van der Waals surface area contributed by atoms with Crippen molar-refractivity contribution in [2.45, 2.75) is 76.5 Å². The number of hydrogen-bond donors (Lipinski definition) is 2. The number of H-pyrrole nitrogens is 1. The quantitative estimate of drug-likeness (QED) is 0.283. The van der Waals surface area contributed by atoms with Crippen molar-refractivity contribution in [2.75, 3.05) is 26.4 Å². The van der Waals surface area contributed by atoms with Crippen LogP contribution < -0.4 is 15.0 Å². The van der Waals surface area contributed by atoms with Gasteiger partial charge in [0.15, 0.2) is 11.3 Å². The monoisotopic (exact) mass is 531 g/mol. The molecule has 3 aromatic rings. The van der Waals surface area contributed by atoms with Crippen molar-refractivity contribution in [3.8, 4) is 17.1 Å². The van der Waals surface area contributed by atoms with Crippen LogP contribution in [0.3, 0.4) is 0 Å². The van der Waals surface area contributed by atoms with Crippen molar-refractivity contribution >= 4 is 15.5 Å². The van der Waals surface area contributed by atoms with E-state index in [0.29, 0.717) is 48.8 Å². The maximum absolute atomic E-state index is 13.2. The fraction of sp³-hybridized carbons (Fsp3) is 0.577. The molecule has 0 amide bonds. The van der Waals surface area contributed by atoms with Gasteiger partial charge in [0.2, 0.25) is 10.0 Å². The van der Waals surface area contributed by atoms with Crippen LogP contribution in [0.5, 0.6) is 5.75 Å². The molecule has 0 radical (unpaired) electrons. The third-order valence-corrected chi connectivity index (χ3v) is 8.16. The first-order valence-electron chi connectivity index (χ1n) is 13.2. The van der Waals surface area contributed by atoms with Gasteiger partial charge in [0.25, 0.3) is 5.56 Å². The molecular formula is C26H37N5O5S. The van der Waals surface area contributed by atoms with E-state index in [1.807, 2.05) is 20.8 Å². The third kappa shape index (κ3) is 6.22. The molecule has 0 atom stereocenters. The summed E-state index contributed by atoms with van der Waals surface area (Å²) >= 11 is 0. The second kappa shape index (κ2) is 12.2. The second-order valence-corrected chi connectivity index (χ2v) is 11.1. The molecule has 0 aliphatic heterocycles. The molecule has 0 spiro atoms. The van der Waals surface area contributed by atoms with Crippen molar-refractivity contribution < 1.29 is 17.9 Å². The maximum atomic E-state index is 13.2. The maximum Gasteiger partial charge on any atom is 0.277 e. The number of benzene rings is 1. The number of aryl methyl sites for hydroxylation is 1. The number of nitrogens with zero attached hydrogens (tertiary/aromatic N) is 3. The van der Waals surface area contributed by atoms with Crippen LogP contribution in [0.1, 0.15) is 76.2 Å². The average Bonchev–Trinajstić information content (AvgIpc) is 3.03. The summed E-state index contributed by atoms with van der Waals surface area (Å²) in [4.78, 5) is 20.9. The van der Waals surface area contributed by atoms with Crippen LogP contribution in [-0.4, -0.2) is 54.4 Å². The molecule has 1 aromatic carbocycles. The standard InChI is InChI=1S/C26H37N5O5S/c1-4-35-16-10-15-27-37(33,34)20-13-14-22(36-5-2)21(17-20)24-29-26(32)23-18(3)28-25(31(23)30-24)19-11-8-6-7-9-12-19/h13-14,17,19,27H,4-12,15-16H2,1-3H3,(H,29,30,32). The Labute approximate surface area is 217 Å². The molecule has 37 heavy (non-hydrogen) atoms. The van der Waals surface area contributed by atoms with Gasteiger partial charge in [-0.2, -0.15) is 0 Å². The molecule has 0 unspecified atom stereocenters. The van der Waals surface area contributed by atoms with Gasteiger partial charge in [0.1, 0.15) is 11.6 Å². The summed E-state index contributed by atoms with van der Waals surface area (Å²) in [6, 6.07) is 4.59. The van der Waals surface area contributed by atoms with Gasteiger partial charge >= 0.3 is 0 Å². The van der Waals surface area contributed by atoms with E-state index >= 15 is 0 Å². The predicted molar refractivity (Wildman–Crippen MR) is 142 cm³/mol. The highest BCUT2D eigenvalue weighted by molar-refractivity contribution is 7.89. The van der Waals surface area contributed by atoms with Crippen molar-refractivity contribution in [3.05, 3.63) is 40.1 Å². The van der Waals surface area contributed by atoms with E-state index in [9.17, 15) is 13.2 Å². The summed E-state index contributed by atoms with van der Waals surface area (Å²) in [5, 5.41) is 4.78. The molecule has 202 valence electrons. The molecule has 1 aliphatic rings. The molecule has 0 saturated heterocycles. The van der Waals surface area contributed by atoms with Crippen LogP contribution in [0.15, 0.2) is 27.9 Å². The van der Waals surface area contributed by atoms with Crippen LogP contribution >= 0.6 is 0 Å². The van der Waals surface area contributed by atoms with Crippen molar-refractivity contribution in [1.82, 2.24) is 24.3 Å². The Kier molecular flexibility index (Phi) is 8.99. The molecule has 1 fully saturated rings. The minimum absolute atomic E-state index is 0.0657. The zero-order valence-corrected chi connectivity index (χ0v) is 22.7. The Morgan fingerprint density at radius 2 is 1.89 bits per heavy atom. The van der Waals surface area contributed by atoms with Gasteiger partial charge in [-0.3, -0.25) is 4.79 Å². The lowest BCUT2D eigenvalue weighted by atomic mass is 10.00. The van der Waals surface area contributed by atoms with Gasteiger partial charge in [-0.15, -0.1) is 5.10 Å². The van der Waals surface area contributed by atoms with Crippen LogP contribution in [-0.2, 0) is 14.8 Å². The molecule has 0 bridgehead atoms. The Hall–Kier alpha value is -2.76. The summed E-state index contributed by atoms with van der Waals surface area (Å²) in [7, 11) is -3.79. The fourth-order valence-corrected chi connectivity index (χ4v) is 5.97. The number of aromatic amines is 1. The lowest BCUT2D eigenvalue weighted by molar-refractivity contribution is 0.146. The number of nitrogens with one attached hydrogen (secondary N) is 2. The van der Waals surface area contributed by atoms with E-state index in [1.54, 1.807) is 10.6 Å². The van der Waals surface area contributed by atoms with Gasteiger partial charge in [-0.05, 0) is 58.2 Å². The highest BCUT2D eigenvalue weighted by Gasteiger charge is 2.24. The second-order valence-electron chi connectivity index (χ2n) is 9.35. The van der Waals surface area contributed by atoms with E-state index in [0.717, 1.165) is 31.5 Å². The number of ether oxygens (including phenoxy) is 2. The average molecular weight is 532 g/mol. The molecule has 2 heterocycles. The van der Waals surface area contributed by atoms with Gasteiger partial charge < -0.3 is 14.5 Å². The summed E-state index contributed by atoms with van der Waals surface area (Å²) in [5.41, 5.74) is 1.13. The van der Waals surface area contributed by atoms with Crippen molar-refractivity contribution in [3.63, 3.8) is 0 Å². The molecule has 2 N–H and O–H groups in total. The lowest BCUT2D eigenvalue weighted by Crippen LogP contribution is -2.25. The number of hydrogen-bond acceptors (Lipinski definition) is 7. The summed E-state index contributed by atoms with van der Waals surface area (Å²) in [6.07, 6.45) is 7.24. The normalized spacial score (nSPS) is 15.2. The van der Waals surface area contributed by atoms with Gasteiger partial charge in [-0.1, -0.05) is 25.7 Å². The topological polar surface area (TPSA) is 128 Å². The highest BCUT2D eigenvalue weighted by Crippen LogP contribution is 2.33. The smallest absolute Gasteiger partial charge is 0.277 e. The lowest BCUT2D eigenvalue weighted by Gasteiger charge is -2.14. The Morgan fingerprint density at radius 3 is 2.59 bits per heavy atom. The molecule has 10 nitrogen and oxygen atoms in total. The van der Waals surface area contributed by atoms with E-state index in [4.69, 9.17) is 19.6 Å². The first kappa shape index (κ1) is 27.3. The number of fused-ring (bicyclic) bond motifs is 1. The molecular weight excluding hydrogens is 494 g/mol. The van der Waals surface area contributed by atoms with E-state index in [-0.39, 0.29) is 28.7 Å². The first-order valence-corrected chi connectivity index (χ1v) is 14.7. The van der Waals surface area contributed by atoms with Crippen LogP contribution in [0.2, 0.25) is 0 Å². The molecule has 4 rings (SSSR count). The minimum atomic E-state index is -3.79. The zero-order chi connectivity index (χ0) is 26.4. The van der Waals surface area contributed by atoms with E-state index in [2.05, 4.69) is 9.71 Å². The zero-order valence-electron chi connectivity index (χ0n) is 21.9. The SMILES string of the molecule is CCOCCCNS(=O)(=O)c1ccc(OCC)c(-c2nn3c(C4CCCCCC4)nc(C)c3c(=O)[nH]2)c1. The predicted octanol–water partition coefficient (Wildman–Crippen LogP) is 3.93. The van der Waals surface area contributed by atoms with Gasteiger partial charge in [-0.25, -0.2) is 22.6 Å². The fourth-order valence-electron chi connectivity index (χ4n) is 4.87. The number of sulfonamides is 1. The van der Waals surface area contributed by atoms with E-state index in [1.165, 1.54) is 25.0 Å². The third-order valence-electron chi connectivity index (χ3n) is 6.70. The van der Waals surface area contributed by atoms with Crippen molar-refractivity contribution in [1.29, 1.82) is 0 Å². The van der Waals surface area contributed by atoms with E-state index < -0.39 is 10.0 Å². The summed E-state index contributed by atoms with van der Waals surface area (Å²) in [6.45, 7) is 7.25. The first-order chi connectivity index (χ1) is 17.9. The van der Waals surface area contributed by atoms with Crippen LogP contribution in [0.25, 0.3) is 16.9 Å². The largest absolute Gasteiger partial charge is 0.493 e. The number of aromatic nitrogens is 4. The minimum Gasteiger partial charge on any atom is -0.493 e. The number of rotatable bonds is 11. The van der Waals surface area contributed by atoms with Gasteiger partial charge in [0.05, 0.1) is 22.8 Å². The highest BCUT2D eigenvalue weighted by atomic mass is 32.2. The molecule has 11 heteroatoms. The molecule has 2 aromatic heterocycles. The Bertz CT molecular complexity index is 1370. The van der Waals surface area contributed by atoms with Crippen LogP contribution in [0, 0.1) is 6.92 Å². The molecule has 1 saturated carbocycles.